The molecule has 4 nitrogen and oxygen atoms in total. The minimum Gasteiger partial charge on any atom is -0.431 e. The number of ether oxygens (including phenoxy) is 1. The van der Waals surface area contributed by atoms with E-state index in [1.807, 2.05) is 36.6 Å². The summed E-state index contributed by atoms with van der Waals surface area (Å²) in [4.78, 5) is 15.3. The van der Waals surface area contributed by atoms with Gasteiger partial charge in [-0.15, -0.1) is 0 Å². The second-order valence-corrected chi connectivity index (χ2v) is 4.62. The summed E-state index contributed by atoms with van der Waals surface area (Å²) in [6.45, 7) is 2.31. The maximum atomic E-state index is 11.3. The summed E-state index contributed by atoms with van der Waals surface area (Å²) < 4.78 is 5.55. The van der Waals surface area contributed by atoms with Crippen LogP contribution in [0.3, 0.4) is 0 Å². The highest BCUT2D eigenvalue weighted by Crippen LogP contribution is 2.23. The Kier molecular flexibility index (Phi) is 4.69. The number of nitrogens with one attached hydrogen (secondary N) is 1. The molecule has 2 rings (SSSR count). The quantitative estimate of drug-likeness (QED) is 0.852. The lowest BCUT2D eigenvalue weighted by Crippen LogP contribution is -2.20. The van der Waals surface area contributed by atoms with Crippen molar-refractivity contribution in [3.63, 3.8) is 0 Å². The molecule has 5 heteroatoms. The Morgan fingerprint density at radius 3 is 2.84 bits per heavy atom. The van der Waals surface area contributed by atoms with Gasteiger partial charge in [-0.3, -0.25) is 4.79 Å². The molecule has 0 spiro atoms. The Bertz CT molecular complexity index is 547. The van der Waals surface area contributed by atoms with E-state index in [1.54, 1.807) is 12.3 Å². The van der Waals surface area contributed by atoms with Crippen molar-refractivity contribution in [2.45, 2.75) is 13.5 Å². The molecular formula is C14H14N2O2S. The molecule has 0 fully saturated rings. The molecule has 1 heterocycles. The standard InChI is InChI=1S/C14H14N2O2S/c1-2-3-13(17)16-10-11-4-6-12(7-5-11)18-14-15-8-9-19-14/h2-9H,10H2,1H3,(H,16,17)/b3-2+. The summed E-state index contributed by atoms with van der Waals surface area (Å²) in [5, 5.41) is 5.27. The summed E-state index contributed by atoms with van der Waals surface area (Å²) >= 11 is 1.44. The zero-order chi connectivity index (χ0) is 13.5. The summed E-state index contributed by atoms with van der Waals surface area (Å²) in [7, 11) is 0. The number of hydrogen-bond acceptors (Lipinski definition) is 4. The molecule has 0 unspecified atom stereocenters. The predicted molar refractivity (Wildman–Crippen MR) is 75.3 cm³/mol. The maximum Gasteiger partial charge on any atom is 0.278 e. The number of aromatic nitrogens is 1. The number of hydrogen-bond donors (Lipinski definition) is 1. The normalized spacial score (nSPS) is 10.6. The number of rotatable bonds is 5. The Morgan fingerprint density at radius 2 is 2.21 bits per heavy atom. The predicted octanol–water partition coefficient (Wildman–Crippen LogP) is 3.13. The van der Waals surface area contributed by atoms with Crippen LogP contribution in [-0.2, 0) is 11.3 Å². The molecule has 0 bridgehead atoms. The van der Waals surface area contributed by atoms with Crippen LogP contribution in [0.2, 0.25) is 0 Å². The van der Waals surface area contributed by atoms with Crippen LogP contribution in [0.1, 0.15) is 12.5 Å². The van der Waals surface area contributed by atoms with Gasteiger partial charge >= 0.3 is 0 Å². The SMILES string of the molecule is C/C=C/C(=O)NCc1ccc(Oc2nccs2)cc1. The summed E-state index contributed by atoms with van der Waals surface area (Å²) in [6.07, 6.45) is 4.91. The molecule has 2 aromatic rings. The van der Waals surface area contributed by atoms with E-state index in [4.69, 9.17) is 4.74 Å². The molecule has 1 aromatic heterocycles. The van der Waals surface area contributed by atoms with Gasteiger partial charge in [0.15, 0.2) is 0 Å². The van der Waals surface area contributed by atoms with Gasteiger partial charge < -0.3 is 10.1 Å². The van der Waals surface area contributed by atoms with E-state index in [0.29, 0.717) is 11.7 Å². The largest absolute Gasteiger partial charge is 0.431 e. The first-order valence-corrected chi connectivity index (χ1v) is 6.72. The number of benzene rings is 1. The van der Waals surface area contributed by atoms with Crippen LogP contribution in [-0.4, -0.2) is 10.9 Å². The van der Waals surface area contributed by atoms with Gasteiger partial charge in [-0.2, -0.15) is 0 Å². The van der Waals surface area contributed by atoms with Crippen molar-refractivity contribution in [3.8, 4) is 10.9 Å². The Labute approximate surface area is 115 Å². The molecule has 0 saturated heterocycles. The van der Waals surface area contributed by atoms with Gasteiger partial charge in [0.25, 0.3) is 5.19 Å². The molecule has 0 aliphatic heterocycles. The molecule has 19 heavy (non-hydrogen) atoms. The highest BCUT2D eigenvalue weighted by atomic mass is 32.1. The Morgan fingerprint density at radius 1 is 1.42 bits per heavy atom. The van der Waals surface area contributed by atoms with E-state index in [1.165, 1.54) is 17.4 Å². The van der Waals surface area contributed by atoms with E-state index >= 15 is 0 Å². The van der Waals surface area contributed by atoms with Crippen molar-refractivity contribution >= 4 is 17.2 Å². The van der Waals surface area contributed by atoms with Gasteiger partial charge in [-0.25, -0.2) is 4.98 Å². The minimum atomic E-state index is -0.0920. The van der Waals surface area contributed by atoms with Gasteiger partial charge in [0, 0.05) is 18.1 Å². The molecule has 1 aromatic carbocycles. The first-order chi connectivity index (χ1) is 9.28. The highest BCUT2D eigenvalue weighted by molar-refractivity contribution is 7.11. The molecule has 1 N–H and O–H groups in total. The fourth-order valence-corrected chi connectivity index (χ4v) is 1.94. The van der Waals surface area contributed by atoms with Crippen LogP contribution in [0.15, 0.2) is 48.0 Å². The average molecular weight is 274 g/mol. The first kappa shape index (κ1) is 13.3. The third-order valence-corrected chi connectivity index (χ3v) is 2.97. The molecule has 1 amide bonds. The van der Waals surface area contributed by atoms with Gasteiger partial charge in [0.1, 0.15) is 5.75 Å². The monoisotopic (exact) mass is 274 g/mol. The van der Waals surface area contributed by atoms with Crippen LogP contribution in [0, 0.1) is 0 Å². The lowest BCUT2D eigenvalue weighted by Gasteiger charge is -2.05. The van der Waals surface area contributed by atoms with Crippen molar-refractivity contribution in [2.75, 3.05) is 0 Å². The summed E-state index contributed by atoms with van der Waals surface area (Å²) in [5.74, 6) is 0.643. The fourth-order valence-electron chi connectivity index (χ4n) is 1.44. The second-order valence-electron chi connectivity index (χ2n) is 3.76. The number of carbonyl (C=O) groups is 1. The Balaban J connectivity index is 1.89. The van der Waals surface area contributed by atoms with Gasteiger partial charge in [-0.1, -0.05) is 29.5 Å². The van der Waals surface area contributed by atoms with Gasteiger partial charge in [-0.05, 0) is 30.7 Å². The van der Waals surface area contributed by atoms with Gasteiger partial charge in [0.05, 0.1) is 0 Å². The van der Waals surface area contributed by atoms with Crippen LogP contribution in [0.5, 0.6) is 10.9 Å². The summed E-state index contributed by atoms with van der Waals surface area (Å²) in [5.41, 5.74) is 1.02. The fraction of sp³-hybridized carbons (Fsp3) is 0.143. The van der Waals surface area contributed by atoms with Crippen LogP contribution in [0.4, 0.5) is 0 Å². The minimum absolute atomic E-state index is 0.0920. The Hall–Kier alpha value is -2.14. The summed E-state index contributed by atoms with van der Waals surface area (Å²) in [6, 6.07) is 7.55. The van der Waals surface area contributed by atoms with Crippen molar-refractivity contribution in [1.82, 2.24) is 10.3 Å². The zero-order valence-corrected chi connectivity index (χ0v) is 11.3. The van der Waals surface area contributed by atoms with E-state index in [-0.39, 0.29) is 5.91 Å². The van der Waals surface area contributed by atoms with Gasteiger partial charge in [0.2, 0.25) is 5.91 Å². The molecule has 0 aliphatic rings. The molecule has 0 atom stereocenters. The lowest BCUT2D eigenvalue weighted by molar-refractivity contribution is -0.116. The maximum absolute atomic E-state index is 11.3. The smallest absolute Gasteiger partial charge is 0.278 e. The van der Waals surface area contributed by atoms with E-state index in [9.17, 15) is 4.79 Å². The molecule has 0 radical (unpaired) electrons. The first-order valence-electron chi connectivity index (χ1n) is 5.85. The second kappa shape index (κ2) is 6.70. The van der Waals surface area contributed by atoms with Crippen LogP contribution < -0.4 is 10.1 Å². The van der Waals surface area contributed by atoms with Crippen LogP contribution in [0.25, 0.3) is 0 Å². The van der Waals surface area contributed by atoms with E-state index in [0.717, 1.165) is 11.3 Å². The molecule has 98 valence electrons. The average Bonchev–Trinajstić information content (AvgIpc) is 2.91. The topological polar surface area (TPSA) is 51.2 Å². The third-order valence-electron chi connectivity index (χ3n) is 2.32. The lowest BCUT2D eigenvalue weighted by atomic mass is 10.2. The third kappa shape index (κ3) is 4.22. The highest BCUT2D eigenvalue weighted by Gasteiger charge is 2.00. The molecular weight excluding hydrogens is 260 g/mol. The van der Waals surface area contributed by atoms with Crippen molar-refractivity contribution in [3.05, 3.63) is 53.6 Å². The number of nitrogens with zero attached hydrogens (tertiary/aromatic N) is 1. The van der Waals surface area contributed by atoms with Crippen molar-refractivity contribution in [2.24, 2.45) is 0 Å². The van der Waals surface area contributed by atoms with Crippen LogP contribution >= 0.6 is 11.3 Å². The molecule has 0 saturated carbocycles. The van der Waals surface area contributed by atoms with E-state index < -0.39 is 0 Å². The zero-order valence-electron chi connectivity index (χ0n) is 10.5. The number of amides is 1. The number of carbonyl (C=O) groups excluding carboxylic acids is 1. The van der Waals surface area contributed by atoms with Crippen molar-refractivity contribution in [1.29, 1.82) is 0 Å². The van der Waals surface area contributed by atoms with E-state index in [2.05, 4.69) is 10.3 Å². The number of thiazole rings is 1. The van der Waals surface area contributed by atoms with Crippen molar-refractivity contribution < 1.29 is 9.53 Å². The molecule has 0 aliphatic carbocycles. The number of allylic oxidation sites excluding steroid dienone is 1.